The normalized spacial score (nSPS) is 16.3. The first kappa shape index (κ1) is 20.9. The summed E-state index contributed by atoms with van der Waals surface area (Å²) in [7, 11) is 0. The number of carbonyl (C=O) groups is 1. The fourth-order valence-electron chi connectivity index (χ4n) is 3.81. The number of nitrogens with zero attached hydrogens (tertiary/aromatic N) is 3. The van der Waals surface area contributed by atoms with Gasteiger partial charge in [0.05, 0.1) is 18.8 Å². The summed E-state index contributed by atoms with van der Waals surface area (Å²) < 4.78 is 23.8. The van der Waals surface area contributed by atoms with Gasteiger partial charge in [0.15, 0.2) is 11.5 Å². The molecule has 1 saturated heterocycles. The lowest BCUT2D eigenvalue weighted by Crippen LogP contribution is -2.48. The molecule has 32 heavy (non-hydrogen) atoms. The van der Waals surface area contributed by atoms with Crippen LogP contribution in [0.4, 0.5) is 10.1 Å². The minimum absolute atomic E-state index is 0.0406. The molecule has 2 aliphatic rings. The first-order valence-corrected chi connectivity index (χ1v) is 11.3. The maximum absolute atomic E-state index is 13.1. The predicted molar refractivity (Wildman–Crippen MR) is 120 cm³/mol. The first-order valence-electron chi connectivity index (χ1n) is 10.5. The number of amides is 1. The van der Waals surface area contributed by atoms with Crippen molar-refractivity contribution in [3.8, 4) is 22.8 Å². The van der Waals surface area contributed by atoms with E-state index in [9.17, 15) is 9.18 Å². The molecule has 3 heterocycles. The number of nitrogens with one attached hydrogen (secondary N) is 1. The van der Waals surface area contributed by atoms with Crippen LogP contribution in [-0.4, -0.2) is 60.2 Å². The molecule has 0 atom stereocenters. The Hall–Kier alpha value is -3.01. The van der Waals surface area contributed by atoms with Crippen LogP contribution in [0.25, 0.3) is 11.3 Å². The second-order valence-corrected chi connectivity index (χ2v) is 8.74. The molecule has 2 aliphatic heterocycles. The van der Waals surface area contributed by atoms with Gasteiger partial charge in [-0.25, -0.2) is 9.37 Å². The van der Waals surface area contributed by atoms with Crippen LogP contribution in [0.2, 0.25) is 0 Å². The highest BCUT2D eigenvalue weighted by Gasteiger charge is 2.21. The fourth-order valence-corrected chi connectivity index (χ4v) is 4.66. The largest absolute Gasteiger partial charge is 0.454 e. The molecule has 2 aromatic carbocycles. The van der Waals surface area contributed by atoms with Crippen LogP contribution in [0.5, 0.6) is 11.5 Å². The SMILES string of the molecule is O=C(CN1CCN(Cc2nc(-c3ccc(F)cc3)cs2)CC1)Nc1ccc2c(c1)OCO2. The van der Waals surface area contributed by atoms with Crippen LogP contribution >= 0.6 is 11.3 Å². The molecule has 9 heteroatoms. The zero-order valence-corrected chi connectivity index (χ0v) is 18.2. The second kappa shape index (κ2) is 9.23. The average molecular weight is 455 g/mol. The number of rotatable bonds is 6. The smallest absolute Gasteiger partial charge is 0.238 e. The minimum Gasteiger partial charge on any atom is -0.454 e. The molecule has 0 aliphatic carbocycles. The topological polar surface area (TPSA) is 66.9 Å². The molecule has 0 radical (unpaired) electrons. The van der Waals surface area contributed by atoms with Gasteiger partial charge in [0, 0.05) is 48.9 Å². The summed E-state index contributed by atoms with van der Waals surface area (Å²) in [5.41, 5.74) is 2.51. The molecule has 0 bridgehead atoms. The van der Waals surface area contributed by atoms with E-state index in [1.807, 2.05) is 11.4 Å². The van der Waals surface area contributed by atoms with Crippen molar-refractivity contribution in [3.05, 3.63) is 58.7 Å². The third kappa shape index (κ3) is 4.90. The van der Waals surface area contributed by atoms with Gasteiger partial charge in [-0.15, -0.1) is 11.3 Å². The van der Waals surface area contributed by atoms with Crippen LogP contribution < -0.4 is 14.8 Å². The van der Waals surface area contributed by atoms with Gasteiger partial charge in [-0.1, -0.05) is 0 Å². The number of benzene rings is 2. The molecule has 1 fully saturated rings. The van der Waals surface area contributed by atoms with Crippen molar-refractivity contribution in [2.24, 2.45) is 0 Å². The number of fused-ring (bicyclic) bond motifs is 1. The van der Waals surface area contributed by atoms with E-state index in [1.165, 1.54) is 12.1 Å². The van der Waals surface area contributed by atoms with Gasteiger partial charge in [-0.05, 0) is 36.4 Å². The van der Waals surface area contributed by atoms with E-state index in [-0.39, 0.29) is 18.5 Å². The van der Waals surface area contributed by atoms with Gasteiger partial charge in [0.25, 0.3) is 0 Å². The molecule has 1 amide bonds. The number of aromatic nitrogens is 1. The minimum atomic E-state index is -0.244. The number of piperazine rings is 1. The van der Waals surface area contributed by atoms with E-state index in [0.29, 0.717) is 23.7 Å². The number of thiazole rings is 1. The summed E-state index contributed by atoms with van der Waals surface area (Å²) in [6.07, 6.45) is 0. The molecule has 166 valence electrons. The molecule has 0 unspecified atom stereocenters. The monoisotopic (exact) mass is 454 g/mol. The van der Waals surface area contributed by atoms with Gasteiger partial charge >= 0.3 is 0 Å². The fraction of sp³-hybridized carbons (Fsp3) is 0.304. The molecule has 0 saturated carbocycles. The van der Waals surface area contributed by atoms with Crippen molar-refractivity contribution in [2.45, 2.75) is 6.54 Å². The Morgan fingerprint density at radius 2 is 1.78 bits per heavy atom. The van der Waals surface area contributed by atoms with Crippen LogP contribution in [0, 0.1) is 5.82 Å². The predicted octanol–water partition coefficient (Wildman–Crippen LogP) is 3.43. The quantitative estimate of drug-likeness (QED) is 0.616. The Labute approximate surface area is 189 Å². The van der Waals surface area contributed by atoms with E-state index >= 15 is 0 Å². The Balaban J connectivity index is 1.08. The first-order chi connectivity index (χ1) is 15.6. The highest BCUT2D eigenvalue weighted by atomic mass is 32.1. The van der Waals surface area contributed by atoms with E-state index < -0.39 is 0 Å². The number of halogens is 1. The average Bonchev–Trinajstić information content (AvgIpc) is 3.45. The molecule has 7 nitrogen and oxygen atoms in total. The van der Waals surface area contributed by atoms with Crippen molar-refractivity contribution in [1.82, 2.24) is 14.8 Å². The number of hydrogen-bond donors (Lipinski definition) is 1. The third-order valence-electron chi connectivity index (χ3n) is 5.54. The summed E-state index contributed by atoms with van der Waals surface area (Å²) >= 11 is 1.62. The second-order valence-electron chi connectivity index (χ2n) is 7.80. The van der Waals surface area contributed by atoms with E-state index in [1.54, 1.807) is 35.6 Å². The van der Waals surface area contributed by atoms with Gasteiger partial charge in [-0.3, -0.25) is 14.6 Å². The van der Waals surface area contributed by atoms with E-state index in [4.69, 9.17) is 14.5 Å². The van der Waals surface area contributed by atoms with Crippen LogP contribution in [-0.2, 0) is 11.3 Å². The van der Waals surface area contributed by atoms with Crippen LogP contribution in [0.15, 0.2) is 47.8 Å². The Morgan fingerprint density at radius 1 is 1.03 bits per heavy atom. The third-order valence-corrected chi connectivity index (χ3v) is 6.37. The molecule has 1 N–H and O–H groups in total. The maximum Gasteiger partial charge on any atom is 0.238 e. The summed E-state index contributed by atoms with van der Waals surface area (Å²) in [4.78, 5) is 21.6. The zero-order chi connectivity index (χ0) is 21.9. The summed E-state index contributed by atoms with van der Waals surface area (Å²) in [5, 5.41) is 5.98. The molecule has 1 aromatic heterocycles. The summed E-state index contributed by atoms with van der Waals surface area (Å²) in [6, 6.07) is 11.8. The highest BCUT2D eigenvalue weighted by molar-refractivity contribution is 7.09. The highest BCUT2D eigenvalue weighted by Crippen LogP contribution is 2.34. The van der Waals surface area contributed by atoms with Gasteiger partial charge in [0.1, 0.15) is 10.8 Å². The van der Waals surface area contributed by atoms with Crippen molar-refractivity contribution in [3.63, 3.8) is 0 Å². The van der Waals surface area contributed by atoms with Crippen molar-refractivity contribution >= 4 is 22.9 Å². The Morgan fingerprint density at radius 3 is 2.59 bits per heavy atom. The van der Waals surface area contributed by atoms with Crippen molar-refractivity contribution in [2.75, 3.05) is 44.8 Å². The van der Waals surface area contributed by atoms with Crippen LogP contribution in [0.3, 0.4) is 0 Å². The van der Waals surface area contributed by atoms with Crippen LogP contribution in [0.1, 0.15) is 5.01 Å². The zero-order valence-electron chi connectivity index (χ0n) is 17.4. The van der Waals surface area contributed by atoms with Crippen molar-refractivity contribution in [1.29, 1.82) is 0 Å². The molecular formula is C23H23FN4O3S. The lowest BCUT2D eigenvalue weighted by molar-refractivity contribution is -0.117. The summed E-state index contributed by atoms with van der Waals surface area (Å²) in [5.74, 6) is 1.07. The van der Waals surface area contributed by atoms with Crippen molar-refractivity contribution < 1.29 is 18.7 Å². The number of anilines is 1. The van der Waals surface area contributed by atoms with Gasteiger partial charge < -0.3 is 14.8 Å². The number of hydrogen-bond acceptors (Lipinski definition) is 7. The number of ether oxygens (including phenoxy) is 2. The van der Waals surface area contributed by atoms with E-state index in [2.05, 4.69) is 15.1 Å². The maximum atomic E-state index is 13.1. The summed E-state index contributed by atoms with van der Waals surface area (Å²) in [6.45, 7) is 4.75. The Kier molecular flexibility index (Phi) is 6.02. The van der Waals surface area contributed by atoms with Gasteiger partial charge in [-0.2, -0.15) is 0 Å². The number of carbonyl (C=O) groups excluding carboxylic acids is 1. The van der Waals surface area contributed by atoms with E-state index in [0.717, 1.165) is 49.0 Å². The lowest BCUT2D eigenvalue weighted by Gasteiger charge is -2.33. The standard InChI is InChI=1S/C23H23FN4O3S/c24-17-3-1-16(2-4-17)19-14-32-23(26-19)13-28-9-7-27(8-10-28)12-22(29)25-18-5-6-20-21(11-18)31-15-30-20/h1-6,11,14H,7-10,12-13,15H2,(H,25,29). The molecule has 0 spiro atoms. The molecular weight excluding hydrogens is 431 g/mol. The van der Waals surface area contributed by atoms with Gasteiger partial charge in [0.2, 0.25) is 12.7 Å². The Bertz CT molecular complexity index is 1100. The lowest BCUT2D eigenvalue weighted by atomic mass is 10.2. The molecule has 5 rings (SSSR count). The molecule has 3 aromatic rings.